The number of fused-ring (bicyclic) bond motifs is 1. The molecule has 3 aromatic rings. The first-order valence-electron chi connectivity index (χ1n) is 10.2. The van der Waals surface area contributed by atoms with E-state index in [0.717, 1.165) is 48.7 Å². The zero-order chi connectivity index (χ0) is 22.7. The summed E-state index contributed by atoms with van der Waals surface area (Å²) in [4.78, 5) is 18.3. The van der Waals surface area contributed by atoms with Gasteiger partial charge >= 0.3 is 0 Å². The van der Waals surface area contributed by atoms with Gasteiger partial charge < -0.3 is 4.74 Å². The van der Waals surface area contributed by atoms with Crippen molar-refractivity contribution in [3.8, 4) is 11.8 Å². The molecule has 0 spiro atoms. The van der Waals surface area contributed by atoms with Crippen molar-refractivity contribution in [2.45, 2.75) is 38.0 Å². The molecule has 0 saturated heterocycles. The quantitative estimate of drug-likeness (QED) is 0.233. The molecule has 9 heteroatoms. The minimum atomic E-state index is -0.161. The van der Waals surface area contributed by atoms with Crippen LogP contribution in [0.2, 0.25) is 0 Å². The number of rotatable bonds is 5. The molecular formula is C23H19BrI2N4O2. The summed E-state index contributed by atoms with van der Waals surface area (Å²) in [6, 6.07) is 11.4. The van der Waals surface area contributed by atoms with Crippen LogP contribution < -0.4 is 10.3 Å². The molecule has 32 heavy (non-hydrogen) atoms. The predicted octanol–water partition coefficient (Wildman–Crippen LogP) is 6.20. The van der Waals surface area contributed by atoms with E-state index >= 15 is 0 Å². The summed E-state index contributed by atoms with van der Waals surface area (Å²) in [6.45, 7) is -0.00208. The Hall–Kier alpha value is -1.52. The predicted molar refractivity (Wildman–Crippen MR) is 146 cm³/mol. The Morgan fingerprint density at radius 2 is 1.94 bits per heavy atom. The van der Waals surface area contributed by atoms with Crippen molar-refractivity contribution in [2.24, 2.45) is 5.10 Å². The van der Waals surface area contributed by atoms with E-state index in [1.165, 1.54) is 11.1 Å². The second-order valence-corrected chi connectivity index (χ2v) is 10.8. The average molecular weight is 717 g/mol. The molecule has 0 amide bonds. The smallest absolute Gasteiger partial charge is 0.282 e. The van der Waals surface area contributed by atoms with Crippen LogP contribution in [0.3, 0.4) is 0 Å². The van der Waals surface area contributed by atoms with Gasteiger partial charge in [0, 0.05) is 10.4 Å². The van der Waals surface area contributed by atoms with E-state index in [4.69, 9.17) is 15.0 Å². The lowest BCUT2D eigenvalue weighted by Crippen LogP contribution is -2.25. The highest BCUT2D eigenvalue weighted by molar-refractivity contribution is 14.1. The van der Waals surface area contributed by atoms with Crippen molar-refractivity contribution in [1.29, 1.82) is 5.26 Å². The third-order valence-electron chi connectivity index (χ3n) is 5.43. The number of aromatic nitrogens is 2. The standard InChI is InChI=1S/C23H19BrI2N4O2/c24-16-6-7-20-17(12-16)23(31)30(22(29-20)15-4-2-1-3-5-15)28-13-14-10-18(25)21(19(26)11-14)32-9-8-27/h6-7,10-13,15H,1-5,9H2. The van der Waals surface area contributed by atoms with Crippen molar-refractivity contribution < 1.29 is 4.74 Å². The molecule has 6 nitrogen and oxygen atoms in total. The number of hydrogen-bond donors (Lipinski definition) is 0. The number of benzene rings is 2. The molecule has 0 atom stereocenters. The minimum Gasteiger partial charge on any atom is -0.477 e. The maximum atomic E-state index is 13.4. The summed E-state index contributed by atoms with van der Waals surface area (Å²) in [5.74, 6) is 1.64. The van der Waals surface area contributed by atoms with Crippen LogP contribution in [0, 0.1) is 18.5 Å². The summed E-state index contributed by atoms with van der Waals surface area (Å²) < 4.78 is 9.60. The van der Waals surface area contributed by atoms with Gasteiger partial charge in [0.2, 0.25) is 0 Å². The largest absolute Gasteiger partial charge is 0.477 e. The van der Waals surface area contributed by atoms with E-state index in [0.29, 0.717) is 16.7 Å². The molecule has 1 aliphatic carbocycles. The molecule has 1 heterocycles. The summed E-state index contributed by atoms with van der Waals surface area (Å²) in [6.07, 6.45) is 7.24. The third kappa shape index (κ3) is 5.17. The van der Waals surface area contributed by atoms with E-state index in [2.05, 4.69) is 66.2 Å². The van der Waals surface area contributed by atoms with Crippen LogP contribution in [0.1, 0.15) is 49.4 Å². The van der Waals surface area contributed by atoms with Gasteiger partial charge in [0.05, 0.1) is 24.3 Å². The Bertz CT molecular complexity index is 1270. The number of hydrogen-bond acceptors (Lipinski definition) is 5. The van der Waals surface area contributed by atoms with Gasteiger partial charge in [-0.05, 0) is 93.9 Å². The van der Waals surface area contributed by atoms with Gasteiger partial charge in [0.15, 0.2) is 6.61 Å². The zero-order valence-corrected chi connectivity index (χ0v) is 22.9. The topological polar surface area (TPSA) is 80.3 Å². The Labute approximate surface area is 221 Å². The summed E-state index contributed by atoms with van der Waals surface area (Å²) >= 11 is 7.82. The zero-order valence-electron chi connectivity index (χ0n) is 17.0. The van der Waals surface area contributed by atoms with E-state index in [-0.39, 0.29) is 18.1 Å². The van der Waals surface area contributed by atoms with Gasteiger partial charge in [-0.2, -0.15) is 15.0 Å². The van der Waals surface area contributed by atoms with Crippen molar-refractivity contribution in [2.75, 3.05) is 6.61 Å². The number of ether oxygens (including phenoxy) is 1. The average Bonchev–Trinajstić information content (AvgIpc) is 2.79. The van der Waals surface area contributed by atoms with Gasteiger partial charge in [-0.15, -0.1) is 0 Å². The van der Waals surface area contributed by atoms with Gasteiger partial charge in [-0.25, -0.2) is 4.98 Å². The molecule has 1 saturated carbocycles. The van der Waals surface area contributed by atoms with Crippen LogP contribution in [0.15, 0.2) is 44.7 Å². The van der Waals surface area contributed by atoms with Crippen LogP contribution in [0.25, 0.3) is 10.9 Å². The maximum absolute atomic E-state index is 13.4. The van der Waals surface area contributed by atoms with Crippen molar-refractivity contribution in [1.82, 2.24) is 9.66 Å². The fourth-order valence-corrected chi connectivity index (χ4v) is 6.41. The molecule has 0 radical (unpaired) electrons. The second kappa shape index (κ2) is 10.6. The summed E-state index contributed by atoms with van der Waals surface area (Å²) in [5, 5.41) is 13.9. The van der Waals surface area contributed by atoms with Crippen LogP contribution in [0.4, 0.5) is 0 Å². The first kappa shape index (κ1) is 23.6. The highest BCUT2D eigenvalue weighted by Crippen LogP contribution is 2.32. The Morgan fingerprint density at radius 3 is 2.62 bits per heavy atom. The first-order chi connectivity index (χ1) is 15.5. The Kier molecular flexibility index (Phi) is 7.83. The Balaban J connectivity index is 1.79. The molecule has 0 bridgehead atoms. The van der Waals surface area contributed by atoms with Crippen LogP contribution >= 0.6 is 61.1 Å². The van der Waals surface area contributed by atoms with E-state index < -0.39 is 0 Å². The lowest BCUT2D eigenvalue weighted by atomic mass is 9.88. The lowest BCUT2D eigenvalue weighted by Gasteiger charge is -2.22. The summed E-state index contributed by atoms with van der Waals surface area (Å²) in [5.41, 5.74) is 1.39. The number of nitrogens with zero attached hydrogens (tertiary/aromatic N) is 4. The SMILES string of the molecule is N#CCOc1c(I)cc(C=Nn2c(C3CCCCC3)nc3ccc(Br)cc3c2=O)cc1I. The fourth-order valence-electron chi connectivity index (χ4n) is 3.92. The number of halogens is 3. The van der Waals surface area contributed by atoms with Gasteiger partial charge in [-0.3, -0.25) is 4.79 Å². The molecule has 1 aromatic heterocycles. The van der Waals surface area contributed by atoms with E-state index in [9.17, 15) is 4.79 Å². The highest BCUT2D eigenvalue weighted by atomic mass is 127. The minimum absolute atomic E-state index is 0.00208. The molecule has 0 unspecified atom stereocenters. The van der Waals surface area contributed by atoms with Crippen LogP contribution in [-0.2, 0) is 0 Å². The normalized spacial score (nSPS) is 14.7. The maximum Gasteiger partial charge on any atom is 0.282 e. The van der Waals surface area contributed by atoms with Gasteiger partial charge in [0.25, 0.3) is 5.56 Å². The second-order valence-electron chi connectivity index (χ2n) is 7.59. The highest BCUT2D eigenvalue weighted by Gasteiger charge is 2.22. The Morgan fingerprint density at radius 1 is 1.22 bits per heavy atom. The monoisotopic (exact) mass is 716 g/mol. The third-order valence-corrected chi connectivity index (χ3v) is 7.52. The van der Waals surface area contributed by atoms with Crippen molar-refractivity contribution in [3.63, 3.8) is 0 Å². The molecule has 2 aromatic carbocycles. The van der Waals surface area contributed by atoms with Gasteiger partial charge in [-0.1, -0.05) is 35.2 Å². The molecule has 1 aliphatic rings. The molecule has 1 fully saturated rings. The van der Waals surface area contributed by atoms with Crippen molar-refractivity contribution >= 4 is 78.2 Å². The van der Waals surface area contributed by atoms with Crippen molar-refractivity contribution in [3.05, 3.63) is 63.7 Å². The first-order valence-corrected chi connectivity index (χ1v) is 13.2. The molecule has 0 N–H and O–H groups in total. The molecular weight excluding hydrogens is 698 g/mol. The molecule has 0 aliphatic heterocycles. The molecule has 164 valence electrons. The van der Waals surface area contributed by atoms with Gasteiger partial charge in [0.1, 0.15) is 17.6 Å². The molecule has 4 rings (SSSR count). The number of nitriles is 1. The van der Waals surface area contributed by atoms with E-state index in [1.807, 2.05) is 30.3 Å². The lowest BCUT2D eigenvalue weighted by molar-refractivity contribution is 0.363. The summed E-state index contributed by atoms with van der Waals surface area (Å²) in [7, 11) is 0. The van der Waals surface area contributed by atoms with E-state index in [1.54, 1.807) is 12.3 Å². The van der Waals surface area contributed by atoms with Crippen LogP contribution in [-0.4, -0.2) is 22.5 Å². The fraction of sp³-hybridized carbons (Fsp3) is 0.304. The van der Waals surface area contributed by atoms with Crippen LogP contribution in [0.5, 0.6) is 5.75 Å².